The van der Waals surface area contributed by atoms with Crippen molar-refractivity contribution in [2.24, 2.45) is 0 Å². The van der Waals surface area contributed by atoms with Gasteiger partial charge in [0.15, 0.2) is 0 Å². The Balaban J connectivity index is 1.47. The Kier molecular flexibility index (Phi) is 4.39. The smallest absolute Gasteiger partial charge is 0.319 e. The molecule has 1 aromatic heterocycles. The Morgan fingerprint density at radius 1 is 1.00 bits per heavy atom. The molecular formula is C18H19N3O. The van der Waals surface area contributed by atoms with Crippen molar-refractivity contribution in [3.8, 4) is 0 Å². The van der Waals surface area contributed by atoms with Gasteiger partial charge in [0.1, 0.15) is 0 Å². The number of para-hydroxylation sites is 1. The van der Waals surface area contributed by atoms with E-state index in [2.05, 4.69) is 27.8 Å². The van der Waals surface area contributed by atoms with Gasteiger partial charge in [-0.25, -0.2) is 4.79 Å². The molecule has 0 aliphatic rings. The quantitative estimate of drug-likeness (QED) is 0.613. The monoisotopic (exact) mass is 293 g/mol. The molecule has 0 unspecified atom stereocenters. The lowest BCUT2D eigenvalue weighted by molar-refractivity contribution is 0.252. The standard InChI is InChI=1S/C18H19N3O/c22-18(19-12-6-9-14-7-2-1-3-8-14)21-17-13-20-16-11-5-4-10-15(16)17/h1-5,7-8,10-11,13,20H,6,9,12H2,(H2,19,21,22). The Bertz CT molecular complexity index is 749. The third-order valence-corrected chi connectivity index (χ3v) is 3.61. The molecule has 22 heavy (non-hydrogen) atoms. The molecule has 3 N–H and O–H groups in total. The van der Waals surface area contributed by atoms with Gasteiger partial charge in [0, 0.05) is 23.6 Å². The highest BCUT2D eigenvalue weighted by molar-refractivity contribution is 6.00. The van der Waals surface area contributed by atoms with Crippen LogP contribution in [-0.2, 0) is 6.42 Å². The van der Waals surface area contributed by atoms with E-state index in [1.165, 1.54) is 5.56 Å². The van der Waals surface area contributed by atoms with Crippen LogP contribution in [0.3, 0.4) is 0 Å². The minimum absolute atomic E-state index is 0.169. The second-order valence-corrected chi connectivity index (χ2v) is 5.22. The number of carbonyl (C=O) groups is 1. The molecule has 0 atom stereocenters. The first-order chi connectivity index (χ1) is 10.8. The molecule has 0 aliphatic carbocycles. The average molecular weight is 293 g/mol. The average Bonchev–Trinajstić information content (AvgIpc) is 2.96. The van der Waals surface area contributed by atoms with E-state index in [-0.39, 0.29) is 6.03 Å². The van der Waals surface area contributed by atoms with Crippen LogP contribution in [0.2, 0.25) is 0 Å². The number of fused-ring (bicyclic) bond motifs is 1. The van der Waals surface area contributed by atoms with Gasteiger partial charge < -0.3 is 15.6 Å². The molecule has 4 heteroatoms. The zero-order valence-corrected chi connectivity index (χ0v) is 12.3. The van der Waals surface area contributed by atoms with E-state index in [4.69, 9.17) is 0 Å². The Morgan fingerprint density at radius 2 is 1.77 bits per heavy atom. The summed E-state index contributed by atoms with van der Waals surface area (Å²) in [6.45, 7) is 0.656. The van der Waals surface area contributed by atoms with E-state index in [9.17, 15) is 4.79 Å². The Labute approximate surface area is 129 Å². The predicted molar refractivity (Wildman–Crippen MR) is 90.1 cm³/mol. The van der Waals surface area contributed by atoms with Crippen LogP contribution in [0.1, 0.15) is 12.0 Å². The highest BCUT2D eigenvalue weighted by atomic mass is 16.2. The van der Waals surface area contributed by atoms with E-state index >= 15 is 0 Å². The summed E-state index contributed by atoms with van der Waals surface area (Å²) in [7, 11) is 0. The summed E-state index contributed by atoms with van der Waals surface area (Å²) in [5.41, 5.74) is 3.11. The van der Waals surface area contributed by atoms with Crippen LogP contribution in [0.4, 0.5) is 10.5 Å². The first kappa shape index (κ1) is 14.2. The molecule has 1 heterocycles. The van der Waals surface area contributed by atoms with Crippen LogP contribution in [0.5, 0.6) is 0 Å². The number of urea groups is 1. The van der Waals surface area contributed by atoms with Crippen LogP contribution in [0.15, 0.2) is 60.8 Å². The Morgan fingerprint density at radius 3 is 2.64 bits per heavy atom. The van der Waals surface area contributed by atoms with Crippen molar-refractivity contribution in [1.29, 1.82) is 0 Å². The van der Waals surface area contributed by atoms with Gasteiger partial charge in [-0.3, -0.25) is 0 Å². The normalized spacial score (nSPS) is 10.5. The molecule has 2 aromatic carbocycles. The summed E-state index contributed by atoms with van der Waals surface area (Å²) >= 11 is 0. The molecule has 0 aliphatic heterocycles. The van der Waals surface area contributed by atoms with Crippen molar-refractivity contribution in [2.75, 3.05) is 11.9 Å². The molecule has 0 saturated carbocycles. The number of hydrogen-bond acceptors (Lipinski definition) is 1. The molecular weight excluding hydrogens is 274 g/mol. The van der Waals surface area contributed by atoms with E-state index < -0.39 is 0 Å². The summed E-state index contributed by atoms with van der Waals surface area (Å²) in [4.78, 5) is 15.1. The number of hydrogen-bond donors (Lipinski definition) is 3. The lowest BCUT2D eigenvalue weighted by Crippen LogP contribution is -2.29. The second-order valence-electron chi connectivity index (χ2n) is 5.22. The fraction of sp³-hybridized carbons (Fsp3) is 0.167. The third kappa shape index (κ3) is 3.47. The molecule has 0 saturated heterocycles. The molecule has 0 bridgehead atoms. The van der Waals surface area contributed by atoms with Crippen molar-refractivity contribution < 1.29 is 4.79 Å². The number of aromatic amines is 1. The van der Waals surface area contributed by atoms with Crippen LogP contribution in [0.25, 0.3) is 10.9 Å². The van der Waals surface area contributed by atoms with Crippen molar-refractivity contribution in [3.05, 3.63) is 66.4 Å². The topological polar surface area (TPSA) is 56.9 Å². The first-order valence-corrected chi connectivity index (χ1v) is 7.48. The SMILES string of the molecule is O=C(NCCCc1ccccc1)Nc1c[nH]c2ccccc12. The van der Waals surface area contributed by atoms with Gasteiger partial charge in [-0.05, 0) is 24.5 Å². The number of carbonyl (C=O) groups excluding carboxylic acids is 1. The first-order valence-electron chi connectivity index (χ1n) is 7.48. The number of H-pyrrole nitrogens is 1. The zero-order valence-electron chi connectivity index (χ0n) is 12.3. The van der Waals surface area contributed by atoms with Gasteiger partial charge >= 0.3 is 6.03 Å². The van der Waals surface area contributed by atoms with E-state index in [1.807, 2.05) is 48.7 Å². The molecule has 3 aromatic rings. The zero-order chi connectivity index (χ0) is 15.2. The summed E-state index contributed by atoms with van der Waals surface area (Å²) < 4.78 is 0. The lowest BCUT2D eigenvalue weighted by Gasteiger charge is -2.07. The predicted octanol–water partition coefficient (Wildman–Crippen LogP) is 3.92. The van der Waals surface area contributed by atoms with Gasteiger partial charge in [-0.15, -0.1) is 0 Å². The van der Waals surface area contributed by atoms with Crippen LogP contribution in [-0.4, -0.2) is 17.6 Å². The number of aromatic nitrogens is 1. The summed E-state index contributed by atoms with van der Waals surface area (Å²) in [6.07, 6.45) is 3.70. The maximum absolute atomic E-state index is 11.9. The fourth-order valence-corrected chi connectivity index (χ4v) is 2.48. The molecule has 3 rings (SSSR count). The number of anilines is 1. The molecule has 0 radical (unpaired) electrons. The summed E-state index contributed by atoms with van der Waals surface area (Å²) in [6, 6.07) is 18.0. The van der Waals surface area contributed by atoms with Gasteiger partial charge in [0.05, 0.1) is 5.69 Å². The molecule has 112 valence electrons. The van der Waals surface area contributed by atoms with Crippen molar-refractivity contribution in [2.45, 2.75) is 12.8 Å². The summed E-state index contributed by atoms with van der Waals surface area (Å²) in [5, 5.41) is 6.79. The van der Waals surface area contributed by atoms with E-state index in [1.54, 1.807) is 0 Å². The molecule has 2 amide bonds. The fourth-order valence-electron chi connectivity index (χ4n) is 2.48. The van der Waals surface area contributed by atoms with Gasteiger partial charge in [-0.2, -0.15) is 0 Å². The minimum Gasteiger partial charge on any atom is -0.359 e. The van der Waals surface area contributed by atoms with Gasteiger partial charge in [-0.1, -0.05) is 48.5 Å². The van der Waals surface area contributed by atoms with Crippen LogP contribution < -0.4 is 10.6 Å². The lowest BCUT2D eigenvalue weighted by atomic mass is 10.1. The minimum atomic E-state index is -0.169. The Hall–Kier alpha value is -2.75. The van der Waals surface area contributed by atoms with Crippen molar-refractivity contribution in [1.82, 2.24) is 10.3 Å². The maximum Gasteiger partial charge on any atom is 0.319 e. The highest BCUT2D eigenvalue weighted by Crippen LogP contribution is 2.22. The van der Waals surface area contributed by atoms with Crippen LogP contribution in [0, 0.1) is 0 Å². The van der Waals surface area contributed by atoms with E-state index in [0.717, 1.165) is 29.4 Å². The van der Waals surface area contributed by atoms with Crippen LogP contribution >= 0.6 is 0 Å². The number of benzene rings is 2. The number of aryl methyl sites for hydroxylation is 1. The van der Waals surface area contributed by atoms with E-state index in [0.29, 0.717) is 6.54 Å². The second kappa shape index (κ2) is 6.80. The number of amides is 2. The molecule has 4 nitrogen and oxygen atoms in total. The van der Waals surface area contributed by atoms with Crippen molar-refractivity contribution >= 4 is 22.6 Å². The summed E-state index contributed by atoms with van der Waals surface area (Å²) in [5.74, 6) is 0. The maximum atomic E-state index is 11.9. The number of nitrogens with one attached hydrogen (secondary N) is 3. The number of rotatable bonds is 5. The highest BCUT2D eigenvalue weighted by Gasteiger charge is 2.06. The van der Waals surface area contributed by atoms with Gasteiger partial charge in [0.25, 0.3) is 0 Å². The van der Waals surface area contributed by atoms with Gasteiger partial charge in [0.2, 0.25) is 0 Å². The molecule has 0 fully saturated rings. The third-order valence-electron chi connectivity index (χ3n) is 3.61. The molecule has 0 spiro atoms. The van der Waals surface area contributed by atoms with Crippen molar-refractivity contribution in [3.63, 3.8) is 0 Å². The largest absolute Gasteiger partial charge is 0.359 e.